The highest BCUT2D eigenvalue weighted by Crippen LogP contribution is 2.41. The van der Waals surface area contributed by atoms with Crippen LogP contribution in [0.1, 0.15) is 56.7 Å². The van der Waals surface area contributed by atoms with Gasteiger partial charge < -0.3 is 15.5 Å². The largest absolute Gasteiger partial charge is 0.433 e. The van der Waals surface area contributed by atoms with E-state index in [2.05, 4.69) is 27.5 Å². The molecule has 10 heteroatoms. The number of piperidine rings is 1. The van der Waals surface area contributed by atoms with Crippen molar-refractivity contribution in [2.75, 3.05) is 29.9 Å². The van der Waals surface area contributed by atoms with Gasteiger partial charge in [-0.15, -0.1) is 0 Å². The van der Waals surface area contributed by atoms with E-state index in [1.807, 2.05) is 29.2 Å². The number of alkyl halides is 3. The Labute approximate surface area is 208 Å². The Morgan fingerprint density at radius 2 is 1.88 bits per heavy atom. The molecule has 0 amide bonds. The number of hydrogen-bond donors (Lipinski definition) is 2. The number of halogens is 4. The lowest BCUT2D eigenvalue weighted by molar-refractivity contribution is -0.141. The predicted octanol–water partition coefficient (Wildman–Crippen LogP) is 6.18. The van der Waals surface area contributed by atoms with Crippen LogP contribution in [-0.4, -0.2) is 34.7 Å². The van der Waals surface area contributed by atoms with Gasteiger partial charge in [-0.1, -0.05) is 43.5 Å². The molecule has 2 fully saturated rings. The molecule has 1 aromatic carbocycles. The Hall–Kier alpha value is -2.13. The fraction of sp³-hybridized carbons (Fsp3) is 0.542. The Morgan fingerprint density at radius 1 is 1.18 bits per heavy atom. The van der Waals surface area contributed by atoms with Crippen molar-refractivity contribution in [3.8, 4) is 0 Å². The molecule has 1 atom stereocenters. The Bertz CT molecular complexity index is 1010. The number of benzene rings is 1. The fourth-order valence-corrected chi connectivity index (χ4v) is 5.30. The third-order valence-electron chi connectivity index (χ3n) is 6.81. The first kappa shape index (κ1) is 25.0. The molecule has 2 heterocycles. The number of rotatable bonds is 5. The molecule has 1 aromatic heterocycles. The van der Waals surface area contributed by atoms with E-state index in [0.29, 0.717) is 30.6 Å². The first-order valence-corrected chi connectivity index (χ1v) is 12.5. The van der Waals surface area contributed by atoms with Crippen LogP contribution in [0.5, 0.6) is 0 Å². The summed E-state index contributed by atoms with van der Waals surface area (Å²) in [5, 5.41) is 6.89. The molecule has 0 spiro atoms. The second-order valence-electron chi connectivity index (χ2n) is 9.43. The van der Waals surface area contributed by atoms with Gasteiger partial charge in [0, 0.05) is 36.1 Å². The number of aromatic nitrogens is 2. The number of anilines is 2. The average Bonchev–Trinajstić information content (AvgIpc) is 3.27. The molecule has 0 radical (unpaired) electrons. The summed E-state index contributed by atoms with van der Waals surface area (Å²) in [6.07, 6.45) is 1.62. The number of nitrogens with one attached hydrogen (secondary N) is 2. The zero-order chi connectivity index (χ0) is 24.3. The second kappa shape index (κ2) is 10.2. The molecule has 2 N–H and O–H groups in total. The van der Waals surface area contributed by atoms with Crippen molar-refractivity contribution in [3.63, 3.8) is 0 Å². The van der Waals surface area contributed by atoms with Crippen molar-refractivity contribution in [1.29, 1.82) is 0 Å². The van der Waals surface area contributed by atoms with Crippen LogP contribution < -0.4 is 15.5 Å². The van der Waals surface area contributed by atoms with Crippen molar-refractivity contribution in [1.82, 2.24) is 15.3 Å². The van der Waals surface area contributed by atoms with Gasteiger partial charge in [-0.05, 0) is 61.5 Å². The van der Waals surface area contributed by atoms with E-state index in [0.717, 1.165) is 44.6 Å². The third-order valence-corrected chi connectivity index (χ3v) is 7.31. The van der Waals surface area contributed by atoms with Gasteiger partial charge in [0.05, 0.1) is 0 Å². The summed E-state index contributed by atoms with van der Waals surface area (Å²) in [6.45, 7) is 4.00. The van der Waals surface area contributed by atoms with Crippen LogP contribution in [0.15, 0.2) is 30.3 Å². The average molecular weight is 512 g/mol. The minimum Gasteiger partial charge on any atom is -0.361 e. The second-order valence-corrected chi connectivity index (χ2v) is 10.3. The molecule has 1 saturated carbocycles. The van der Waals surface area contributed by atoms with Gasteiger partial charge in [0.25, 0.3) is 0 Å². The SMILES string of the molecule is C[C@@H]1CCCN(c2cc(C(F)(F)F)nc(NC(=S)NCC3(c4ccc(Cl)cc4)CCCC3)n2)C1. The Kier molecular flexibility index (Phi) is 7.52. The molecule has 2 aliphatic rings. The van der Waals surface area contributed by atoms with Crippen molar-refractivity contribution in [2.45, 2.75) is 57.0 Å². The highest BCUT2D eigenvalue weighted by Gasteiger charge is 2.36. The first-order chi connectivity index (χ1) is 16.1. The lowest BCUT2D eigenvalue weighted by Crippen LogP contribution is -2.41. The molecule has 1 aliphatic heterocycles. The van der Waals surface area contributed by atoms with Gasteiger partial charge in [0.15, 0.2) is 10.8 Å². The third kappa shape index (κ3) is 5.92. The van der Waals surface area contributed by atoms with Crippen LogP contribution >= 0.6 is 23.8 Å². The molecule has 5 nitrogen and oxygen atoms in total. The summed E-state index contributed by atoms with van der Waals surface area (Å²) < 4.78 is 40.7. The summed E-state index contributed by atoms with van der Waals surface area (Å²) >= 11 is 11.5. The lowest BCUT2D eigenvalue weighted by Gasteiger charge is -2.32. The van der Waals surface area contributed by atoms with Crippen molar-refractivity contribution < 1.29 is 13.2 Å². The van der Waals surface area contributed by atoms with Gasteiger partial charge in [0.1, 0.15) is 5.82 Å². The standard InChI is InChI=1S/C24H29ClF3N5S/c1-16-5-4-12-33(14-16)20-13-19(24(26,27)28)30-21(31-20)32-22(34)29-15-23(10-2-3-11-23)17-6-8-18(25)9-7-17/h6-9,13,16H,2-5,10-12,14-15H2,1H3,(H2,29,30,31,32,34)/t16-/m1/s1. The minimum atomic E-state index is -4.58. The van der Waals surface area contributed by atoms with Crippen LogP contribution in [0.25, 0.3) is 0 Å². The highest BCUT2D eigenvalue weighted by atomic mass is 35.5. The number of thiocarbonyl (C=S) groups is 1. The maximum Gasteiger partial charge on any atom is 0.433 e. The summed E-state index contributed by atoms with van der Waals surface area (Å²) in [5.74, 6) is 0.521. The lowest BCUT2D eigenvalue weighted by atomic mass is 9.79. The number of nitrogens with zero attached hydrogens (tertiary/aromatic N) is 3. The maximum atomic E-state index is 13.6. The molecule has 4 rings (SSSR count). The predicted molar refractivity (Wildman–Crippen MR) is 133 cm³/mol. The molecule has 1 saturated heterocycles. The van der Waals surface area contributed by atoms with Gasteiger partial charge in [-0.2, -0.15) is 18.2 Å². The highest BCUT2D eigenvalue weighted by molar-refractivity contribution is 7.80. The number of hydrogen-bond acceptors (Lipinski definition) is 4. The van der Waals surface area contributed by atoms with Gasteiger partial charge in [-0.25, -0.2) is 4.98 Å². The molecular weight excluding hydrogens is 483 g/mol. The molecule has 0 bridgehead atoms. The van der Waals surface area contributed by atoms with Gasteiger partial charge in [0.2, 0.25) is 5.95 Å². The molecule has 2 aromatic rings. The minimum absolute atomic E-state index is 0.0971. The van der Waals surface area contributed by atoms with E-state index in [9.17, 15) is 13.2 Å². The molecule has 34 heavy (non-hydrogen) atoms. The summed E-state index contributed by atoms with van der Waals surface area (Å²) in [7, 11) is 0. The summed E-state index contributed by atoms with van der Waals surface area (Å²) in [5.41, 5.74) is 0.107. The van der Waals surface area contributed by atoms with Gasteiger partial charge >= 0.3 is 6.18 Å². The Morgan fingerprint density at radius 3 is 2.53 bits per heavy atom. The zero-order valence-electron chi connectivity index (χ0n) is 19.1. The normalized spacial score (nSPS) is 20.3. The quantitative estimate of drug-likeness (QED) is 0.467. The van der Waals surface area contributed by atoms with Crippen LogP contribution in [0.3, 0.4) is 0 Å². The summed E-state index contributed by atoms with van der Waals surface area (Å²) in [6, 6.07) is 8.86. The van der Waals surface area contributed by atoms with Crippen molar-refractivity contribution >= 4 is 40.7 Å². The maximum absolute atomic E-state index is 13.6. The molecule has 1 aliphatic carbocycles. The molecule has 0 unspecified atom stereocenters. The Balaban J connectivity index is 1.49. The van der Waals surface area contributed by atoms with E-state index < -0.39 is 11.9 Å². The van der Waals surface area contributed by atoms with E-state index in [1.54, 1.807) is 0 Å². The van der Waals surface area contributed by atoms with Crippen molar-refractivity contribution in [2.24, 2.45) is 5.92 Å². The van der Waals surface area contributed by atoms with E-state index in [-0.39, 0.29) is 22.3 Å². The van der Waals surface area contributed by atoms with Crippen LogP contribution in [0.2, 0.25) is 5.02 Å². The van der Waals surface area contributed by atoms with Crippen LogP contribution in [0, 0.1) is 5.92 Å². The topological polar surface area (TPSA) is 53.1 Å². The monoisotopic (exact) mass is 511 g/mol. The zero-order valence-corrected chi connectivity index (χ0v) is 20.7. The molecule has 184 valence electrons. The first-order valence-electron chi connectivity index (χ1n) is 11.7. The van der Waals surface area contributed by atoms with Crippen molar-refractivity contribution in [3.05, 3.63) is 46.6 Å². The fourth-order valence-electron chi connectivity index (χ4n) is 5.01. The summed E-state index contributed by atoms with van der Waals surface area (Å²) in [4.78, 5) is 9.97. The molecular formula is C24H29ClF3N5S. The van der Waals surface area contributed by atoms with E-state index in [4.69, 9.17) is 23.8 Å². The smallest absolute Gasteiger partial charge is 0.361 e. The van der Waals surface area contributed by atoms with E-state index in [1.165, 1.54) is 5.56 Å². The van der Waals surface area contributed by atoms with Crippen LogP contribution in [0.4, 0.5) is 24.9 Å². The van der Waals surface area contributed by atoms with Crippen LogP contribution in [-0.2, 0) is 11.6 Å². The van der Waals surface area contributed by atoms with Gasteiger partial charge in [-0.3, -0.25) is 0 Å². The van der Waals surface area contributed by atoms with E-state index >= 15 is 0 Å².